The Morgan fingerprint density at radius 1 is 1.33 bits per heavy atom. The molecule has 0 aromatic heterocycles. The van der Waals surface area contributed by atoms with E-state index in [1.807, 2.05) is 13.8 Å². The van der Waals surface area contributed by atoms with Crippen LogP contribution in [0.2, 0.25) is 0 Å². The van der Waals surface area contributed by atoms with Gasteiger partial charge in [-0.25, -0.2) is 0 Å². The van der Waals surface area contributed by atoms with Gasteiger partial charge < -0.3 is 9.47 Å². The van der Waals surface area contributed by atoms with E-state index in [-0.39, 0.29) is 5.60 Å². The lowest BCUT2D eigenvalue weighted by Gasteiger charge is -2.21. The van der Waals surface area contributed by atoms with Crippen LogP contribution in [-0.2, 0) is 9.47 Å². The van der Waals surface area contributed by atoms with E-state index in [0.717, 1.165) is 6.42 Å². The van der Waals surface area contributed by atoms with Gasteiger partial charge in [-0.2, -0.15) is 0 Å². The number of ether oxygens (including phenoxy) is 2. The van der Waals surface area contributed by atoms with Crippen molar-refractivity contribution in [1.29, 1.82) is 0 Å². The summed E-state index contributed by atoms with van der Waals surface area (Å²) >= 11 is 0. The largest absolute Gasteiger partial charge is 0.379 e. The van der Waals surface area contributed by atoms with E-state index in [4.69, 9.17) is 9.47 Å². The van der Waals surface area contributed by atoms with Crippen LogP contribution in [0.25, 0.3) is 0 Å². The quantitative estimate of drug-likeness (QED) is 0.577. The topological polar surface area (TPSA) is 18.5 Å². The highest BCUT2D eigenvalue weighted by atomic mass is 16.5. The maximum absolute atomic E-state index is 5.13. The van der Waals surface area contributed by atoms with Crippen LogP contribution in [0.3, 0.4) is 0 Å². The molecule has 55 valence electrons. The highest BCUT2D eigenvalue weighted by Crippen LogP contribution is 2.13. The van der Waals surface area contributed by atoms with Gasteiger partial charge in [-0.3, -0.25) is 0 Å². The molecule has 0 spiro atoms. The summed E-state index contributed by atoms with van der Waals surface area (Å²) in [7, 11) is 3.34. The van der Waals surface area contributed by atoms with Gasteiger partial charge in [0, 0.05) is 20.6 Å². The first kappa shape index (κ1) is 8.92. The van der Waals surface area contributed by atoms with Crippen molar-refractivity contribution in [2.45, 2.75) is 25.9 Å². The fraction of sp³-hybridized carbons (Fsp3) is 0.857. The lowest BCUT2D eigenvalue weighted by molar-refractivity contribution is 0.0105. The first-order valence-corrected chi connectivity index (χ1v) is 3.02. The van der Waals surface area contributed by atoms with Gasteiger partial charge in [-0.05, 0) is 13.8 Å². The predicted octanol–water partition coefficient (Wildman–Crippen LogP) is 1.61. The lowest BCUT2D eigenvalue weighted by atomic mass is 10.1. The van der Waals surface area contributed by atoms with E-state index in [0.29, 0.717) is 0 Å². The van der Waals surface area contributed by atoms with Crippen LogP contribution in [-0.4, -0.2) is 19.8 Å². The Labute approximate surface area is 57.2 Å². The lowest BCUT2D eigenvalue weighted by Crippen LogP contribution is -2.22. The minimum atomic E-state index is -0.0873. The molecular formula is C7H15O2. The number of hydrogen-bond acceptors (Lipinski definition) is 2. The third-order valence-corrected chi connectivity index (χ3v) is 1.29. The molecule has 2 nitrogen and oxygen atoms in total. The molecule has 0 heterocycles. The molecule has 0 atom stereocenters. The van der Waals surface area contributed by atoms with Crippen molar-refractivity contribution in [3.8, 4) is 0 Å². The highest BCUT2D eigenvalue weighted by molar-refractivity contribution is 4.71. The molecule has 0 saturated heterocycles. The van der Waals surface area contributed by atoms with Crippen LogP contribution in [0, 0.1) is 6.61 Å². The molecule has 0 aliphatic rings. The summed E-state index contributed by atoms with van der Waals surface area (Å²) in [5.74, 6) is 0. The van der Waals surface area contributed by atoms with Crippen molar-refractivity contribution in [2.24, 2.45) is 0 Å². The standard InChI is InChI=1S/C7H15O2/c1-7(2,9-4)5-6-8-3/h6H,5H2,1-4H3. The van der Waals surface area contributed by atoms with E-state index in [1.165, 1.54) is 0 Å². The summed E-state index contributed by atoms with van der Waals surface area (Å²) < 4.78 is 9.90. The van der Waals surface area contributed by atoms with Gasteiger partial charge in [0.2, 0.25) is 0 Å². The second-order valence-electron chi connectivity index (χ2n) is 2.57. The van der Waals surface area contributed by atoms with E-state index < -0.39 is 0 Å². The zero-order chi connectivity index (χ0) is 7.33. The van der Waals surface area contributed by atoms with Crippen molar-refractivity contribution in [3.63, 3.8) is 0 Å². The third kappa shape index (κ3) is 4.43. The van der Waals surface area contributed by atoms with Crippen molar-refractivity contribution in [2.75, 3.05) is 14.2 Å². The average Bonchev–Trinajstić information content (AvgIpc) is 1.84. The highest BCUT2D eigenvalue weighted by Gasteiger charge is 2.14. The molecule has 2 heteroatoms. The van der Waals surface area contributed by atoms with Crippen LogP contribution in [0.4, 0.5) is 0 Å². The second-order valence-corrected chi connectivity index (χ2v) is 2.57. The molecule has 0 fully saturated rings. The fourth-order valence-electron chi connectivity index (χ4n) is 0.367. The van der Waals surface area contributed by atoms with Crippen LogP contribution < -0.4 is 0 Å². The minimum Gasteiger partial charge on any atom is -0.379 e. The van der Waals surface area contributed by atoms with Crippen LogP contribution >= 0.6 is 0 Å². The minimum absolute atomic E-state index is 0.0873. The Hall–Kier alpha value is -0.0800. The third-order valence-electron chi connectivity index (χ3n) is 1.29. The Morgan fingerprint density at radius 2 is 1.89 bits per heavy atom. The summed E-state index contributed by atoms with van der Waals surface area (Å²) in [5.41, 5.74) is -0.0873. The number of methoxy groups -OCH3 is 2. The van der Waals surface area contributed by atoms with E-state index in [9.17, 15) is 0 Å². The number of rotatable bonds is 4. The zero-order valence-corrected chi connectivity index (χ0v) is 6.60. The Morgan fingerprint density at radius 3 is 2.22 bits per heavy atom. The molecule has 1 radical (unpaired) electrons. The van der Waals surface area contributed by atoms with E-state index in [2.05, 4.69) is 0 Å². The normalized spacial score (nSPS) is 12.0. The van der Waals surface area contributed by atoms with E-state index in [1.54, 1.807) is 20.8 Å². The van der Waals surface area contributed by atoms with Crippen molar-refractivity contribution < 1.29 is 9.47 Å². The molecule has 0 unspecified atom stereocenters. The van der Waals surface area contributed by atoms with Crippen LogP contribution in [0.15, 0.2) is 0 Å². The molecule has 0 aromatic rings. The van der Waals surface area contributed by atoms with E-state index >= 15 is 0 Å². The summed E-state index contributed by atoms with van der Waals surface area (Å²) in [6, 6.07) is 0. The Bertz CT molecular complexity index is 69.3. The summed E-state index contributed by atoms with van der Waals surface area (Å²) in [5, 5.41) is 0. The Kier molecular flexibility index (Phi) is 3.82. The van der Waals surface area contributed by atoms with Gasteiger partial charge in [0.1, 0.15) is 0 Å². The molecular weight excluding hydrogens is 116 g/mol. The maximum Gasteiger partial charge on any atom is 0.0861 e. The first-order valence-electron chi connectivity index (χ1n) is 3.02. The average molecular weight is 131 g/mol. The molecule has 0 aliphatic carbocycles. The fourth-order valence-corrected chi connectivity index (χ4v) is 0.367. The molecule has 9 heavy (non-hydrogen) atoms. The van der Waals surface area contributed by atoms with Gasteiger partial charge in [0.15, 0.2) is 0 Å². The van der Waals surface area contributed by atoms with Crippen molar-refractivity contribution >= 4 is 0 Å². The van der Waals surface area contributed by atoms with Crippen LogP contribution in [0.1, 0.15) is 20.3 Å². The van der Waals surface area contributed by atoms with Gasteiger partial charge in [-0.15, -0.1) is 0 Å². The zero-order valence-electron chi connectivity index (χ0n) is 6.60. The molecule has 0 saturated carbocycles. The van der Waals surface area contributed by atoms with Gasteiger partial charge in [0.05, 0.1) is 12.2 Å². The van der Waals surface area contributed by atoms with Crippen LogP contribution in [0.5, 0.6) is 0 Å². The molecule has 0 aromatic carbocycles. The molecule has 0 N–H and O–H groups in total. The van der Waals surface area contributed by atoms with Crippen molar-refractivity contribution in [1.82, 2.24) is 0 Å². The first-order chi connectivity index (χ1) is 4.12. The second kappa shape index (κ2) is 3.85. The molecule has 0 amide bonds. The summed E-state index contributed by atoms with van der Waals surface area (Å²) in [6.07, 6.45) is 0.819. The number of hydrogen-bond donors (Lipinski definition) is 0. The predicted molar refractivity (Wildman–Crippen MR) is 37.0 cm³/mol. The van der Waals surface area contributed by atoms with Crippen molar-refractivity contribution in [3.05, 3.63) is 6.61 Å². The SMILES string of the molecule is CO[CH]CC(C)(C)OC. The summed E-state index contributed by atoms with van der Waals surface area (Å²) in [6.45, 7) is 5.77. The molecule has 0 rings (SSSR count). The summed E-state index contributed by atoms with van der Waals surface area (Å²) in [4.78, 5) is 0. The van der Waals surface area contributed by atoms with Gasteiger partial charge in [0.25, 0.3) is 0 Å². The molecule has 0 aliphatic heterocycles. The van der Waals surface area contributed by atoms with Gasteiger partial charge >= 0.3 is 0 Å². The van der Waals surface area contributed by atoms with Gasteiger partial charge in [-0.1, -0.05) is 0 Å². The smallest absolute Gasteiger partial charge is 0.0861 e. The monoisotopic (exact) mass is 131 g/mol. The maximum atomic E-state index is 5.13. The Balaban J connectivity index is 3.33. The molecule has 0 bridgehead atoms.